The maximum absolute atomic E-state index is 11.7. The first-order valence-corrected chi connectivity index (χ1v) is 8.24. The van der Waals surface area contributed by atoms with Crippen LogP contribution < -0.4 is 10.5 Å². The largest absolute Gasteiger partial charge is 0.330 e. The van der Waals surface area contributed by atoms with E-state index >= 15 is 0 Å². The molecule has 1 rings (SSSR count). The molecule has 0 aliphatic carbocycles. The Balaban J connectivity index is 2.52. The molecule has 1 aromatic rings. The zero-order chi connectivity index (χ0) is 12.9. The summed E-state index contributed by atoms with van der Waals surface area (Å²) in [6, 6.07) is 3.36. The van der Waals surface area contributed by atoms with E-state index in [1.807, 2.05) is 13.0 Å². The standard InChI is InChI=1S/C10H17ClN2O2S2/c1-8(9-4-5-10(11)16-9)13-17(14,15)7-3-2-6-12/h4-5,8,13H,2-3,6-7,12H2,1H3. The van der Waals surface area contributed by atoms with E-state index in [9.17, 15) is 8.42 Å². The Morgan fingerprint density at radius 1 is 1.47 bits per heavy atom. The molecule has 0 radical (unpaired) electrons. The van der Waals surface area contributed by atoms with Gasteiger partial charge in [0, 0.05) is 4.88 Å². The van der Waals surface area contributed by atoms with Crippen molar-refractivity contribution in [2.45, 2.75) is 25.8 Å². The first kappa shape index (κ1) is 14.9. The third-order valence-electron chi connectivity index (χ3n) is 2.24. The molecular formula is C10H17ClN2O2S2. The molecular weight excluding hydrogens is 280 g/mol. The smallest absolute Gasteiger partial charge is 0.212 e. The molecule has 0 amide bonds. The molecule has 0 spiro atoms. The number of thiophene rings is 1. The Kier molecular flexibility index (Phi) is 5.88. The van der Waals surface area contributed by atoms with Crippen molar-refractivity contribution in [3.63, 3.8) is 0 Å². The summed E-state index contributed by atoms with van der Waals surface area (Å²) in [6.07, 6.45) is 1.31. The highest BCUT2D eigenvalue weighted by molar-refractivity contribution is 7.89. The Bertz CT molecular complexity index is 445. The van der Waals surface area contributed by atoms with Crippen LogP contribution in [0, 0.1) is 0 Å². The summed E-state index contributed by atoms with van der Waals surface area (Å²) in [7, 11) is -3.23. The topological polar surface area (TPSA) is 72.2 Å². The van der Waals surface area contributed by atoms with Crippen LogP contribution in [0.25, 0.3) is 0 Å². The van der Waals surface area contributed by atoms with Gasteiger partial charge in [0.15, 0.2) is 0 Å². The van der Waals surface area contributed by atoms with Gasteiger partial charge in [-0.2, -0.15) is 0 Å². The van der Waals surface area contributed by atoms with Crippen LogP contribution in [0.4, 0.5) is 0 Å². The van der Waals surface area contributed by atoms with Crippen molar-refractivity contribution in [1.29, 1.82) is 0 Å². The summed E-state index contributed by atoms with van der Waals surface area (Å²) >= 11 is 7.19. The maximum Gasteiger partial charge on any atom is 0.212 e. The Morgan fingerprint density at radius 2 is 2.18 bits per heavy atom. The fourth-order valence-electron chi connectivity index (χ4n) is 1.38. The van der Waals surface area contributed by atoms with Gasteiger partial charge in [-0.05, 0) is 38.4 Å². The summed E-state index contributed by atoms with van der Waals surface area (Å²) in [6.45, 7) is 2.33. The summed E-state index contributed by atoms with van der Waals surface area (Å²) in [5.74, 6) is 0.119. The molecule has 1 unspecified atom stereocenters. The zero-order valence-corrected chi connectivity index (χ0v) is 12.0. The fourth-order valence-corrected chi connectivity index (χ4v) is 3.89. The second-order valence-electron chi connectivity index (χ2n) is 3.80. The first-order chi connectivity index (χ1) is 7.94. The van der Waals surface area contributed by atoms with Crippen molar-refractivity contribution in [2.75, 3.05) is 12.3 Å². The van der Waals surface area contributed by atoms with Crippen LogP contribution in [0.5, 0.6) is 0 Å². The van der Waals surface area contributed by atoms with Gasteiger partial charge in [-0.1, -0.05) is 11.6 Å². The number of nitrogens with one attached hydrogen (secondary N) is 1. The van der Waals surface area contributed by atoms with E-state index in [1.54, 1.807) is 6.07 Å². The molecule has 1 aromatic heterocycles. The SMILES string of the molecule is CC(NS(=O)(=O)CCCCN)c1ccc(Cl)s1. The molecule has 1 heterocycles. The van der Waals surface area contributed by atoms with Crippen LogP contribution in [-0.2, 0) is 10.0 Å². The van der Waals surface area contributed by atoms with Gasteiger partial charge >= 0.3 is 0 Å². The molecule has 98 valence electrons. The van der Waals surface area contributed by atoms with Crippen LogP contribution in [-0.4, -0.2) is 20.7 Å². The van der Waals surface area contributed by atoms with Crippen LogP contribution in [0.3, 0.4) is 0 Å². The van der Waals surface area contributed by atoms with E-state index < -0.39 is 10.0 Å². The van der Waals surface area contributed by atoms with Crippen molar-refractivity contribution < 1.29 is 8.42 Å². The second kappa shape index (κ2) is 6.70. The van der Waals surface area contributed by atoms with Gasteiger partial charge in [-0.25, -0.2) is 13.1 Å². The summed E-state index contributed by atoms with van der Waals surface area (Å²) in [5, 5.41) is 0. The Labute approximate surface area is 111 Å². The minimum Gasteiger partial charge on any atom is -0.330 e. The van der Waals surface area contributed by atoms with Gasteiger partial charge in [0.25, 0.3) is 0 Å². The lowest BCUT2D eigenvalue weighted by Crippen LogP contribution is -2.28. The number of hydrogen-bond acceptors (Lipinski definition) is 4. The summed E-state index contributed by atoms with van der Waals surface area (Å²) in [5.41, 5.74) is 5.32. The molecule has 4 nitrogen and oxygen atoms in total. The lowest BCUT2D eigenvalue weighted by Gasteiger charge is -2.12. The first-order valence-electron chi connectivity index (χ1n) is 5.40. The van der Waals surface area contributed by atoms with Crippen LogP contribution in [0.1, 0.15) is 30.7 Å². The van der Waals surface area contributed by atoms with Crippen molar-refractivity contribution in [3.05, 3.63) is 21.3 Å². The average Bonchev–Trinajstić information content (AvgIpc) is 2.64. The van der Waals surface area contributed by atoms with E-state index in [4.69, 9.17) is 17.3 Å². The van der Waals surface area contributed by atoms with E-state index in [1.165, 1.54) is 11.3 Å². The lowest BCUT2D eigenvalue weighted by molar-refractivity contribution is 0.564. The third kappa shape index (κ3) is 5.35. The van der Waals surface area contributed by atoms with E-state index in [0.717, 1.165) is 11.3 Å². The second-order valence-corrected chi connectivity index (χ2v) is 7.42. The monoisotopic (exact) mass is 296 g/mol. The van der Waals surface area contributed by atoms with Gasteiger partial charge in [-0.3, -0.25) is 0 Å². The molecule has 0 aromatic carbocycles. The van der Waals surface area contributed by atoms with Crippen LogP contribution in [0.2, 0.25) is 4.34 Å². The zero-order valence-electron chi connectivity index (χ0n) is 9.65. The van der Waals surface area contributed by atoms with E-state index in [2.05, 4.69) is 4.72 Å². The molecule has 7 heteroatoms. The lowest BCUT2D eigenvalue weighted by atomic mass is 10.3. The number of rotatable bonds is 7. The van der Waals surface area contributed by atoms with E-state index in [-0.39, 0.29) is 11.8 Å². The van der Waals surface area contributed by atoms with Gasteiger partial charge in [0.2, 0.25) is 10.0 Å². The molecule has 0 aliphatic rings. The van der Waals surface area contributed by atoms with Gasteiger partial charge in [0.1, 0.15) is 0 Å². The summed E-state index contributed by atoms with van der Waals surface area (Å²) < 4.78 is 26.7. The predicted molar refractivity (Wildman–Crippen MR) is 73.0 cm³/mol. The number of nitrogens with two attached hydrogens (primary N) is 1. The van der Waals surface area contributed by atoms with Gasteiger partial charge in [-0.15, -0.1) is 11.3 Å². The number of halogens is 1. The molecule has 17 heavy (non-hydrogen) atoms. The minimum atomic E-state index is -3.23. The number of hydrogen-bond donors (Lipinski definition) is 2. The predicted octanol–water partition coefficient (Wildman–Crippen LogP) is 2.12. The normalized spacial score (nSPS) is 13.8. The van der Waals surface area contributed by atoms with Gasteiger partial charge in [0.05, 0.1) is 16.1 Å². The quantitative estimate of drug-likeness (QED) is 0.757. The number of sulfonamides is 1. The van der Waals surface area contributed by atoms with E-state index in [0.29, 0.717) is 17.3 Å². The average molecular weight is 297 g/mol. The highest BCUT2D eigenvalue weighted by Crippen LogP contribution is 2.27. The number of unbranched alkanes of at least 4 members (excludes halogenated alkanes) is 1. The highest BCUT2D eigenvalue weighted by Gasteiger charge is 2.16. The van der Waals surface area contributed by atoms with Crippen molar-refractivity contribution in [1.82, 2.24) is 4.72 Å². The summed E-state index contributed by atoms with van der Waals surface area (Å²) in [4.78, 5) is 0.914. The van der Waals surface area contributed by atoms with Crippen molar-refractivity contribution >= 4 is 33.0 Å². The van der Waals surface area contributed by atoms with Crippen LogP contribution in [0.15, 0.2) is 12.1 Å². The Morgan fingerprint density at radius 3 is 2.71 bits per heavy atom. The highest BCUT2D eigenvalue weighted by atomic mass is 35.5. The molecule has 0 fully saturated rings. The van der Waals surface area contributed by atoms with Crippen molar-refractivity contribution in [3.8, 4) is 0 Å². The molecule has 1 atom stereocenters. The van der Waals surface area contributed by atoms with Crippen molar-refractivity contribution in [2.24, 2.45) is 5.73 Å². The minimum absolute atomic E-state index is 0.119. The molecule has 0 bridgehead atoms. The fraction of sp³-hybridized carbons (Fsp3) is 0.600. The third-order valence-corrected chi connectivity index (χ3v) is 5.20. The maximum atomic E-state index is 11.7. The molecule has 0 saturated heterocycles. The molecule has 3 N–H and O–H groups in total. The molecule has 0 saturated carbocycles. The Hall–Kier alpha value is -0.140. The van der Waals surface area contributed by atoms with Crippen LogP contribution >= 0.6 is 22.9 Å². The van der Waals surface area contributed by atoms with Gasteiger partial charge < -0.3 is 5.73 Å². The molecule has 0 aliphatic heterocycles.